The van der Waals surface area contributed by atoms with E-state index in [9.17, 15) is 19.5 Å². The Morgan fingerprint density at radius 1 is 1.20 bits per heavy atom. The summed E-state index contributed by atoms with van der Waals surface area (Å²) in [6.45, 7) is 5.90. The summed E-state index contributed by atoms with van der Waals surface area (Å²) in [6.07, 6.45) is -1.36. The summed E-state index contributed by atoms with van der Waals surface area (Å²) in [4.78, 5) is 36.6. The number of carbonyl (C=O) groups excluding carboxylic acids is 3. The van der Waals surface area contributed by atoms with E-state index in [-0.39, 0.29) is 18.3 Å². The average molecular weight is 359 g/mol. The van der Waals surface area contributed by atoms with E-state index in [1.165, 1.54) is 7.11 Å². The van der Waals surface area contributed by atoms with E-state index >= 15 is 0 Å². The third kappa shape index (κ3) is 6.35. The molecule has 1 heterocycles. The maximum atomic E-state index is 12.4. The van der Waals surface area contributed by atoms with E-state index in [0.717, 1.165) is 0 Å². The predicted octanol–water partition coefficient (Wildman–Crippen LogP) is -1.46. The highest BCUT2D eigenvalue weighted by atomic mass is 16.6. The number of hydrogen-bond donors (Lipinski definition) is 4. The molecule has 1 fully saturated rings. The van der Waals surface area contributed by atoms with Crippen LogP contribution in [0.1, 0.15) is 27.2 Å². The monoisotopic (exact) mass is 359 g/mol. The topological polar surface area (TPSA) is 129 Å². The van der Waals surface area contributed by atoms with Gasteiger partial charge in [-0.25, -0.2) is 0 Å². The van der Waals surface area contributed by atoms with Crippen molar-refractivity contribution in [1.29, 1.82) is 0 Å². The molecule has 25 heavy (non-hydrogen) atoms. The lowest BCUT2D eigenvalue weighted by Crippen LogP contribution is -2.56. The van der Waals surface area contributed by atoms with Crippen LogP contribution in [-0.4, -0.2) is 74.0 Å². The lowest BCUT2D eigenvalue weighted by atomic mass is 9.93. The smallest absolute Gasteiger partial charge is 0.270 e. The molecule has 9 nitrogen and oxygen atoms in total. The summed E-state index contributed by atoms with van der Waals surface area (Å²) in [5, 5.41) is 17.3. The summed E-state index contributed by atoms with van der Waals surface area (Å²) >= 11 is 0. The Bertz CT molecular complexity index is 492. The van der Waals surface area contributed by atoms with Crippen molar-refractivity contribution >= 4 is 17.6 Å². The number of ether oxygens (including phenoxy) is 2. The molecule has 1 aliphatic heterocycles. The van der Waals surface area contributed by atoms with Crippen molar-refractivity contribution in [3.8, 4) is 0 Å². The van der Waals surface area contributed by atoms with Gasteiger partial charge in [0, 0.05) is 7.11 Å². The van der Waals surface area contributed by atoms with Crippen molar-refractivity contribution in [2.24, 2.45) is 5.92 Å². The van der Waals surface area contributed by atoms with Gasteiger partial charge in [-0.3, -0.25) is 14.4 Å². The number of nitrogens with one attached hydrogen (secondary N) is 3. The van der Waals surface area contributed by atoms with E-state index in [1.54, 1.807) is 14.0 Å². The fourth-order valence-corrected chi connectivity index (χ4v) is 2.33. The zero-order chi connectivity index (χ0) is 19.2. The molecule has 0 bridgehead atoms. The van der Waals surface area contributed by atoms with Gasteiger partial charge in [-0.15, -0.1) is 0 Å². The number of amides is 2. The number of rotatable bonds is 11. The molecule has 1 rings (SSSR count). The van der Waals surface area contributed by atoms with Crippen molar-refractivity contribution in [2.75, 3.05) is 27.4 Å². The number of hydrogen-bond acceptors (Lipinski definition) is 7. The molecule has 0 aliphatic carbocycles. The van der Waals surface area contributed by atoms with E-state index in [1.807, 2.05) is 13.8 Å². The van der Waals surface area contributed by atoms with Crippen molar-refractivity contribution in [3.63, 3.8) is 0 Å². The van der Waals surface area contributed by atoms with Gasteiger partial charge in [-0.05, 0) is 26.3 Å². The van der Waals surface area contributed by atoms with Crippen molar-refractivity contribution < 1.29 is 29.0 Å². The van der Waals surface area contributed by atoms with E-state index < -0.39 is 35.7 Å². The number of likely N-dealkylation sites (N-methyl/N-ethyl adjacent to an activating group) is 1. The molecule has 4 atom stereocenters. The molecular weight excluding hydrogens is 330 g/mol. The second kappa shape index (κ2) is 9.23. The maximum absolute atomic E-state index is 12.4. The average Bonchev–Trinajstić information content (AvgIpc) is 3.29. The van der Waals surface area contributed by atoms with Gasteiger partial charge in [-0.2, -0.15) is 0 Å². The first kappa shape index (κ1) is 21.5. The van der Waals surface area contributed by atoms with Crippen LogP contribution in [0.3, 0.4) is 0 Å². The molecule has 0 aromatic rings. The SMILES string of the molecule is CN[C@@H](COC)C(=O)N[C@@H](O)C(=O)N[C@@H](CC(C)C)C(=O)[C@@]1(C)CO1. The van der Waals surface area contributed by atoms with Gasteiger partial charge in [0.2, 0.25) is 12.1 Å². The van der Waals surface area contributed by atoms with Gasteiger partial charge in [0.15, 0.2) is 5.78 Å². The fourth-order valence-electron chi connectivity index (χ4n) is 2.33. The van der Waals surface area contributed by atoms with Gasteiger partial charge in [0.1, 0.15) is 11.6 Å². The Hall–Kier alpha value is -1.55. The highest BCUT2D eigenvalue weighted by molar-refractivity contribution is 5.97. The number of epoxide rings is 1. The molecule has 9 heteroatoms. The molecule has 0 aromatic carbocycles. The van der Waals surface area contributed by atoms with Crippen LogP contribution in [0.2, 0.25) is 0 Å². The minimum atomic E-state index is -1.77. The van der Waals surface area contributed by atoms with Crippen molar-refractivity contribution in [3.05, 3.63) is 0 Å². The Labute approximate surface area is 147 Å². The number of Topliss-reactive ketones (excluding diaryl/α,β-unsaturated/α-hetero) is 1. The lowest BCUT2D eigenvalue weighted by molar-refractivity contribution is -0.140. The Morgan fingerprint density at radius 2 is 1.80 bits per heavy atom. The molecule has 1 saturated heterocycles. The molecule has 0 spiro atoms. The predicted molar refractivity (Wildman–Crippen MR) is 89.6 cm³/mol. The number of ketones is 1. The van der Waals surface area contributed by atoms with E-state index in [0.29, 0.717) is 13.0 Å². The van der Waals surface area contributed by atoms with E-state index in [4.69, 9.17) is 9.47 Å². The fraction of sp³-hybridized carbons (Fsp3) is 0.812. The van der Waals surface area contributed by atoms with Crippen LogP contribution in [0, 0.1) is 5.92 Å². The highest BCUT2D eigenvalue weighted by Gasteiger charge is 2.50. The van der Waals surface area contributed by atoms with Gasteiger partial charge < -0.3 is 30.5 Å². The lowest BCUT2D eigenvalue weighted by Gasteiger charge is -2.23. The van der Waals surface area contributed by atoms with Crippen LogP contribution in [0.25, 0.3) is 0 Å². The molecule has 4 N–H and O–H groups in total. The van der Waals surface area contributed by atoms with Crippen LogP contribution in [0.15, 0.2) is 0 Å². The minimum Gasteiger partial charge on any atom is -0.383 e. The molecule has 2 amide bonds. The normalized spacial score (nSPS) is 22.8. The third-order valence-corrected chi connectivity index (χ3v) is 3.96. The van der Waals surface area contributed by atoms with Gasteiger partial charge in [-0.1, -0.05) is 13.8 Å². The van der Waals surface area contributed by atoms with Crippen LogP contribution >= 0.6 is 0 Å². The molecule has 144 valence electrons. The molecule has 0 radical (unpaired) electrons. The van der Waals surface area contributed by atoms with E-state index in [2.05, 4.69) is 16.0 Å². The van der Waals surface area contributed by atoms with Crippen molar-refractivity contribution in [2.45, 2.75) is 51.1 Å². The Kier molecular flexibility index (Phi) is 7.94. The molecular formula is C16H29N3O6. The van der Waals surface area contributed by atoms with Crippen LogP contribution < -0.4 is 16.0 Å². The standard InChI is InChI=1S/C16H29N3O6/c1-9(2)6-10(12(20)16(3)8-25-16)18-14(22)15(23)19-13(21)11(17-4)7-24-5/h9-11,15,17,23H,6-8H2,1-5H3,(H,18,22)(H,19,21)/t10-,11-,15-,16+/m0/s1. The molecule has 0 aromatic heterocycles. The molecule has 1 aliphatic rings. The zero-order valence-corrected chi connectivity index (χ0v) is 15.4. The molecule has 0 unspecified atom stereocenters. The number of methoxy groups -OCH3 is 1. The largest absolute Gasteiger partial charge is 0.383 e. The number of carbonyl (C=O) groups is 3. The number of aliphatic hydroxyl groups excluding tert-OH is 1. The Balaban J connectivity index is 2.65. The third-order valence-electron chi connectivity index (χ3n) is 3.96. The second-order valence-corrected chi connectivity index (χ2v) is 6.78. The van der Waals surface area contributed by atoms with Gasteiger partial charge in [0.25, 0.3) is 5.91 Å². The summed E-state index contributed by atoms with van der Waals surface area (Å²) in [7, 11) is 2.99. The Morgan fingerprint density at radius 3 is 2.24 bits per heavy atom. The number of aliphatic hydroxyl groups is 1. The summed E-state index contributed by atoms with van der Waals surface area (Å²) in [5.41, 5.74) is -0.878. The highest BCUT2D eigenvalue weighted by Crippen LogP contribution is 2.29. The quantitative estimate of drug-likeness (QED) is 0.262. The van der Waals surface area contributed by atoms with Crippen LogP contribution in [-0.2, 0) is 23.9 Å². The first-order valence-electron chi connectivity index (χ1n) is 8.28. The summed E-state index contributed by atoms with van der Waals surface area (Å²) in [5.74, 6) is -1.51. The molecule has 0 saturated carbocycles. The minimum absolute atomic E-state index is 0.0842. The first-order valence-corrected chi connectivity index (χ1v) is 8.28. The van der Waals surface area contributed by atoms with Crippen molar-refractivity contribution in [1.82, 2.24) is 16.0 Å². The summed E-state index contributed by atoms with van der Waals surface area (Å²) in [6, 6.07) is -1.50. The van der Waals surface area contributed by atoms with Crippen LogP contribution in [0.5, 0.6) is 0 Å². The first-order chi connectivity index (χ1) is 11.6. The van der Waals surface area contributed by atoms with Gasteiger partial charge in [0.05, 0.1) is 19.3 Å². The van der Waals surface area contributed by atoms with Gasteiger partial charge >= 0.3 is 0 Å². The van der Waals surface area contributed by atoms with Crippen LogP contribution in [0.4, 0.5) is 0 Å². The zero-order valence-electron chi connectivity index (χ0n) is 15.4. The maximum Gasteiger partial charge on any atom is 0.270 e. The summed E-state index contributed by atoms with van der Waals surface area (Å²) < 4.78 is 10.0. The second-order valence-electron chi connectivity index (χ2n) is 6.78.